The maximum Gasteiger partial charge on any atom is 0.326 e. The number of carbonyl (C=O) groups excluding carboxylic acids is 2. The maximum atomic E-state index is 12.1. The zero-order chi connectivity index (χ0) is 16.3. The largest absolute Gasteiger partial charge is 0.480 e. The summed E-state index contributed by atoms with van der Waals surface area (Å²) in [7, 11) is 0. The molecule has 0 aliphatic carbocycles. The number of nitrogens with zero attached hydrogens (tertiary/aromatic N) is 1. The molecule has 1 aromatic rings. The Hall–Kier alpha value is -2.37. The minimum Gasteiger partial charge on any atom is -0.480 e. The van der Waals surface area contributed by atoms with Gasteiger partial charge in [0.15, 0.2) is 0 Å². The molecule has 1 aliphatic rings. The van der Waals surface area contributed by atoms with E-state index in [1.807, 2.05) is 19.9 Å². The van der Waals surface area contributed by atoms with Gasteiger partial charge in [0, 0.05) is 12.1 Å². The minimum atomic E-state index is -0.994. The Kier molecular flexibility index (Phi) is 4.80. The molecular weight excluding hydrogens is 284 g/mol. The SMILES string of the molecule is Cc1ccc(C(=O)NCC(=O)N2CCCC2C(=O)O)cc1C. The number of nitrogens with one attached hydrogen (secondary N) is 1. The number of amides is 2. The number of carbonyl (C=O) groups is 3. The molecule has 1 saturated heterocycles. The number of aryl methyl sites for hydroxylation is 2. The lowest BCUT2D eigenvalue weighted by Crippen LogP contribution is -2.45. The van der Waals surface area contributed by atoms with Gasteiger partial charge >= 0.3 is 5.97 Å². The summed E-state index contributed by atoms with van der Waals surface area (Å²) < 4.78 is 0. The zero-order valence-corrected chi connectivity index (χ0v) is 12.8. The Balaban J connectivity index is 1.94. The summed E-state index contributed by atoms with van der Waals surface area (Å²) >= 11 is 0. The van der Waals surface area contributed by atoms with E-state index in [1.165, 1.54) is 4.90 Å². The van der Waals surface area contributed by atoms with Gasteiger partial charge in [-0.25, -0.2) is 4.79 Å². The van der Waals surface area contributed by atoms with E-state index >= 15 is 0 Å². The van der Waals surface area contributed by atoms with Crippen LogP contribution in [0.3, 0.4) is 0 Å². The third kappa shape index (κ3) is 3.44. The van der Waals surface area contributed by atoms with Crippen LogP contribution < -0.4 is 5.32 Å². The molecule has 2 rings (SSSR count). The molecule has 118 valence electrons. The minimum absolute atomic E-state index is 0.185. The fourth-order valence-corrected chi connectivity index (χ4v) is 2.56. The van der Waals surface area contributed by atoms with Crippen molar-refractivity contribution in [1.82, 2.24) is 10.2 Å². The van der Waals surface area contributed by atoms with Gasteiger partial charge < -0.3 is 15.3 Å². The molecule has 0 radical (unpaired) electrons. The summed E-state index contributed by atoms with van der Waals surface area (Å²) in [5, 5.41) is 11.6. The Labute approximate surface area is 129 Å². The van der Waals surface area contributed by atoms with Crippen molar-refractivity contribution in [3.05, 3.63) is 34.9 Å². The van der Waals surface area contributed by atoms with Gasteiger partial charge in [0.1, 0.15) is 6.04 Å². The average molecular weight is 304 g/mol. The van der Waals surface area contributed by atoms with Crippen LogP contribution in [0.4, 0.5) is 0 Å². The summed E-state index contributed by atoms with van der Waals surface area (Å²) in [5.74, 6) is -1.68. The Morgan fingerprint density at radius 2 is 2.00 bits per heavy atom. The molecule has 22 heavy (non-hydrogen) atoms. The number of carboxylic acids is 1. The second-order valence-electron chi connectivity index (χ2n) is 5.57. The third-order valence-corrected chi connectivity index (χ3v) is 4.03. The molecule has 6 heteroatoms. The monoisotopic (exact) mass is 304 g/mol. The maximum absolute atomic E-state index is 12.1. The standard InChI is InChI=1S/C16H20N2O4/c1-10-5-6-12(8-11(10)2)15(20)17-9-14(19)18-7-3-4-13(18)16(21)22/h5-6,8,13H,3-4,7,9H2,1-2H3,(H,17,20)(H,21,22). The highest BCUT2D eigenvalue weighted by atomic mass is 16.4. The molecule has 0 aromatic heterocycles. The molecule has 1 fully saturated rings. The van der Waals surface area contributed by atoms with Crippen LogP contribution in [0.2, 0.25) is 0 Å². The van der Waals surface area contributed by atoms with Crippen molar-refractivity contribution >= 4 is 17.8 Å². The molecule has 2 N–H and O–H groups in total. The second-order valence-corrected chi connectivity index (χ2v) is 5.57. The van der Waals surface area contributed by atoms with Gasteiger partial charge in [-0.1, -0.05) is 6.07 Å². The highest BCUT2D eigenvalue weighted by Crippen LogP contribution is 2.17. The number of benzene rings is 1. The van der Waals surface area contributed by atoms with Crippen LogP contribution in [0, 0.1) is 13.8 Å². The Morgan fingerprint density at radius 3 is 2.64 bits per heavy atom. The smallest absolute Gasteiger partial charge is 0.326 e. The lowest BCUT2D eigenvalue weighted by molar-refractivity contribution is -0.147. The highest BCUT2D eigenvalue weighted by molar-refractivity contribution is 5.97. The lowest BCUT2D eigenvalue weighted by Gasteiger charge is -2.21. The predicted molar refractivity (Wildman–Crippen MR) is 80.6 cm³/mol. The molecule has 0 spiro atoms. The predicted octanol–water partition coefficient (Wildman–Crippen LogP) is 1.11. The van der Waals surface area contributed by atoms with E-state index in [9.17, 15) is 14.4 Å². The fourth-order valence-electron chi connectivity index (χ4n) is 2.56. The van der Waals surface area contributed by atoms with Gasteiger partial charge in [0.05, 0.1) is 6.54 Å². The first kappa shape index (κ1) is 16.0. The van der Waals surface area contributed by atoms with Crippen LogP contribution >= 0.6 is 0 Å². The first-order chi connectivity index (χ1) is 10.4. The van der Waals surface area contributed by atoms with Gasteiger partial charge in [-0.2, -0.15) is 0 Å². The van der Waals surface area contributed by atoms with Crippen LogP contribution in [0.15, 0.2) is 18.2 Å². The molecule has 1 atom stereocenters. The molecular formula is C16H20N2O4. The van der Waals surface area contributed by atoms with Crippen molar-refractivity contribution in [2.24, 2.45) is 0 Å². The van der Waals surface area contributed by atoms with Gasteiger partial charge in [0.2, 0.25) is 5.91 Å². The quantitative estimate of drug-likeness (QED) is 0.872. The number of hydrogen-bond acceptors (Lipinski definition) is 3. The number of aliphatic carboxylic acids is 1. The van der Waals surface area contributed by atoms with E-state index < -0.39 is 12.0 Å². The van der Waals surface area contributed by atoms with Crippen LogP contribution in [0.5, 0.6) is 0 Å². The van der Waals surface area contributed by atoms with Crippen molar-refractivity contribution in [2.75, 3.05) is 13.1 Å². The molecule has 1 unspecified atom stereocenters. The average Bonchev–Trinajstić information content (AvgIpc) is 2.97. The lowest BCUT2D eigenvalue weighted by atomic mass is 10.1. The van der Waals surface area contributed by atoms with Crippen molar-refractivity contribution in [1.29, 1.82) is 0 Å². The van der Waals surface area contributed by atoms with Crippen molar-refractivity contribution in [3.8, 4) is 0 Å². The first-order valence-electron chi connectivity index (χ1n) is 7.28. The normalized spacial score (nSPS) is 17.4. The third-order valence-electron chi connectivity index (χ3n) is 4.03. The molecule has 6 nitrogen and oxygen atoms in total. The molecule has 1 heterocycles. The fraction of sp³-hybridized carbons (Fsp3) is 0.438. The molecule has 2 amide bonds. The van der Waals surface area contributed by atoms with Gasteiger partial charge in [-0.15, -0.1) is 0 Å². The topological polar surface area (TPSA) is 86.7 Å². The van der Waals surface area contributed by atoms with Crippen molar-refractivity contribution in [3.63, 3.8) is 0 Å². The summed E-state index contributed by atoms with van der Waals surface area (Å²) in [6, 6.07) is 4.56. The van der Waals surface area contributed by atoms with Gasteiger partial charge in [-0.05, 0) is 49.9 Å². The van der Waals surface area contributed by atoms with Crippen molar-refractivity contribution < 1.29 is 19.5 Å². The van der Waals surface area contributed by atoms with E-state index in [2.05, 4.69) is 5.32 Å². The van der Waals surface area contributed by atoms with E-state index in [-0.39, 0.29) is 18.4 Å². The van der Waals surface area contributed by atoms with E-state index in [0.29, 0.717) is 24.9 Å². The van der Waals surface area contributed by atoms with Crippen LogP contribution in [0.1, 0.15) is 34.3 Å². The highest BCUT2D eigenvalue weighted by Gasteiger charge is 2.33. The molecule has 1 aromatic carbocycles. The zero-order valence-electron chi connectivity index (χ0n) is 12.8. The Morgan fingerprint density at radius 1 is 1.27 bits per heavy atom. The number of likely N-dealkylation sites (tertiary alicyclic amines) is 1. The van der Waals surface area contributed by atoms with E-state index in [4.69, 9.17) is 5.11 Å². The van der Waals surface area contributed by atoms with Gasteiger partial charge in [-0.3, -0.25) is 9.59 Å². The van der Waals surface area contributed by atoms with E-state index in [0.717, 1.165) is 11.1 Å². The number of carboxylic acid groups (broad SMARTS) is 1. The van der Waals surface area contributed by atoms with Gasteiger partial charge in [0.25, 0.3) is 5.91 Å². The summed E-state index contributed by atoms with van der Waals surface area (Å²) in [6.07, 6.45) is 1.14. The summed E-state index contributed by atoms with van der Waals surface area (Å²) in [6.45, 7) is 4.11. The van der Waals surface area contributed by atoms with Crippen molar-refractivity contribution in [2.45, 2.75) is 32.7 Å². The Bertz CT molecular complexity index is 612. The van der Waals surface area contributed by atoms with E-state index in [1.54, 1.807) is 12.1 Å². The number of hydrogen-bond donors (Lipinski definition) is 2. The summed E-state index contributed by atoms with van der Waals surface area (Å²) in [5.41, 5.74) is 2.59. The van der Waals surface area contributed by atoms with Crippen LogP contribution in [-0.4, -0.2) is 46.9 Å². The summed E-state index contributed by atoms with van der Waals surface area (Å²) in [4.78, 5) is 36.5. The second kappa shape index (κ2) is 6.60. The van der Waals surface area contributed by atoms with Crippen LogP contribution in [0.25, 0.3) is 0 Å². The molecule has 1 aliphatic heterocycles. The number of rotatable bonds is 4. The van der Waals surface area contributed by atoms with Crippen LogP contribution in [-0.2, 0) is 9.59 Å². The molecule has 0 saturated carbocycles. The first-order valence-corrected chi connectivity index (χ1v) is 7.28. The molecule has 0 bridgehead atoms.